The minimum absolute atomic E-state index is 0.293. The number of aromatic nitrogens is 3. The summed E-state index contributed by atoms with van der Waals surface area (Å²) in [6, 6.07) is 12.7. The normalized spacial score (nSPS) is 14.2. The zero-order valence-electron chi connectivity index (χ0n) is 23.3. The van der Waals surface area contributed by atoms with E-state index in [1.165, 1.54) is 0 Å². The van der Waals surface area contributed by atoms with Crippen LogP contribution in [0.3, 0.4) is 0 Å². The Bertz CT molecular complexity index is 1550. The smallest absolute Gasteiger partial charge is 0.231 e. The molecule has 2 aromatic carbocycles. The van der Waals surface area contributed by atoms with Crippen LogP contribution in [0.5, 0.6) is 5.75 Å². The van der Waals surface area contributed by atoms with E-state index in [1.54, 1.807) is 31.5 Å². The minimum Gasteiger partial charge on any atom is -0.494 e. The third kappa shape index (κ3) is 6.82. The van der Waals surface area contributed by atoms with Gasteiger partial charge in [0.25, 0.3) is 0 Å². The van der Waals surface area contributed by atoms with Crippen molar-refractivity contribution in [3.63, 3.8) is 0 Å². The van der Waals surface area contributed by atoms with Crippen LogP contribution in [-0.4, -0.2) is 76.8 Å². The summed E-state index contributed by atoms with van der Waals surface area (Å²) in [5.41, 5.74) is 8.52. The fraction of sp³-hybridized carbons (Fsp3) is 0.345. The molecule has 1 atom stereocenters. The number of aryl methyl sites for hydroxylation is 1. The molecule has 0 radical (unpaired) electrons. The molecule has 1 saturated heterocycles. The van der Waals surface area contributed by atoms with E-state index in [-0.39, 0.29) is 5.82 Å². The average Bonchev–Trinajstić information content (AvgIpc) is 3.02. The lowest BCUT2D eigenvalue weighted by Gasteiger charge is -2.29. The number of nitrogens with one attached hydrogen (secondary N) is 2. The molecule has 222 valence electrons. The molecular formula is C29H34FN7O4S. The summed E-state index contributed by atoms with van der Waals surface area (Å²) >= 11 is -2.09. The fourth-order valence-corrected chi connectivity index (χ4v) is 5.23. The summed E-state index contributed by atoms with van der Waals surface area (Å²) in [4.78, 5) is 16.5. The van der Waals surface area contributed by atoms with Gasteiger partial charge in [-0.05, 0) is 48.2 Å². The first-order valence-corrected chi connectivity index (χ1v) is 14.8. The van der Waals surface area contributed by atoms with Crippen LogP contribution in [0.1, 0.15) is 12.0 Å². The molecule has 1 unspecified atom stereocenters. The highest BCUT2D eigenvalue weighted by atomic mass is 32.2. The standard InChI is InChI=1S/C29H34FN7O4S/c1-40-24-17-21(22-6-2-4-19(26(22)30)5-3-10-34-42(38)39)16-23-27(24)35-28(36-29(23)37-12-14-41-15-13-37)20-7-8-25(33-18-20)32-11-9-31/h2,4,6-8,16-18,34H,3,5,9-15,31H2,1H3,(H,32,33)(H,38,39). The topological polar surface area (TPSA) is 148 Å². The van der Waals surface area contributed by atoms with Crippen molar-refractivity contribution in [1.82, 2.24) is 19.7 Å². The Morgan fingerprint density at radius 2 is 1.98 bits per heavy atom. The van der Waals surface area contributed by atoms with Gasteiger partial charge in [-0.25, -0.2) is 28.3 Å². The molecule has 2 aromatic heterocycles. The van der Waals surface area contributed by atoms with Gasteiger partial charge in [0.2, 0.25) is 11.3 Å². The highest BCUT2D eigenvalue weighted by Gasteiger charge is 2.22. The number of hydrogen-bond acceptors (Lipinski definition) is 9. The van der Waals surface area contributed by atoms with E-state index >= 15 is 4.39 Å². The van der Waals surface area contributed by atoms with Crippen molar-refractivity contribution in [3.8, 4) is 28.3 Å². The first kappa shape index (κ1) is 29.7. The number of anilines is 2. The van der Waals surface area contributed by atoms with Gasteiger partial charge in [-0.1, -0.05) is 18.2 Å². The number of nitrogens with zero attached hydrogens (tertiary/aromatic N) is 4. The quantitative estimate of drug-likeness (QED) is 0.142. The molecule has 11 nitrogen and oxygen atoms in total. The zero-order valence-corrected chi connectivity index (χ0v) is 24.1. The molecule has 1 fully saturated rings. The van der Waals surface area contributed by atoms with Crippen LogP contribution < -0.4 is 25.4 Å². The van der Waals surface area contributed by atoms with Crippen LogP contribution >= 0.6 is 0 Å². The minimum atomic E-state index is -2.09. The van der Waals surface area contributed by atoms with Gasteiger partial charge in [0.15, 0.2) is 5.82 Å². The van der Waals surface area contributed by atoms with Gasteiger partial charge >= 0.3 is 0 Å². The first-order valence-electron chi connectivity index (χ1n) is 13.7. The predicted octanol–water partition coefficient (Wildman–Crippen LogP) is 3.37. The molecule has 3 heterocycles. The largest absolute Gasteiger partial charge is 0.494 e. The Balaban J connectivity index is 1.58. The van der Waals surface area contributed by atoms with Gasteiger partial charge in [-0.3, -0.25) is 4.55 Å². The predicted molar refractivity (Wildman–Crippen MR) is 162 cm³/mol. The maximum Gasteiger partial charge on any atom is 0.231 e. The Labute approximate surface area is 246 Å². The van der Waals surface area contributed by atoms with Gasteiger partial charge in [0.1, 0.15) is 28.7 Å². The highest BCUT2D eigenvalue weighted by molar-refractivity contribution is 7.77. The van der Waals surface area contributed by atoms with Crippen molar-refractivity contribution in [2.24, 2.45) is 5.73 Å². The number of ether oxygens (including phenoxy) is 2. The molecule has 5 rings (SSSR count). The molecule has 1 aliphatic rings. The van der Waals surface area contributed by atoms with Crippen molar-refractivity contribution in [1.29, 1.82) is 0 Å². The molecule has 13 heteroatoms. The number of hydrogen-bond donors (Lipinski definition) is 4. The van der Waals surface area contributed by atoms with Crippen molar-refractivity contribution >= 4 is 33.8 Å². The van der Waals surface area contributed by atoms with E-state index in [0.29, 0.717) is 104 Å². The van der Waals surface area contributed by atoms with Gasteiger partial charge < -0.3 is 25.4 Å². The summed E-state index contributed by atoms with van der Waals surface area (Å²) in [7, 11) is 1.57. The Kier molecular flexibility index (Phi) is 9.87. The number of morpholine rings is 1. The summed E-state index contributed by atoms with van der Waals surface area (Å²) in [6.07, 6.45) is 2.64. The molecule has 0 saturated carbocycles. The van der Waals surface area contributed by atoms with Crippen molar-refractivity contribution in [2.45, 2.75) is 12.8 Å². The molecule has 0 bridgehead atoms. The Hall–Kier alpha value is -3.75. The van der Waals surface area contributed by atoms with E-state index in [2.05, 4.69) is 19.9 Å². The summed E-state index contributed by atoms with van der Waals surface area (Å²) in [5, 5.41) is 3.90. The molecule has 0 amide bonds. The molecule has 0 spiro atoms. The molecule has 0 aliphatic carbocycles. The molecule has 5 N–H and O–H groups in total. The highest BCUT2D eigenvalue weighted by Crippen LogP contribution is 2.38. The van der Waals surface area contributed by atoms with Crippen LogP contribution in [0.15, 0.2) is 48.7 Å². The molecule has 42 heavy (non-hydrogen) atoms. The third-order valence-electron chi connectivity index (χ3n) is 6.99. The molecular weight excluding hydrogens is 561 g/mol. The van der Waals surface area contributed by atoms with E-state index in [0.717, 1.165) is 10.9 Å². The van der Waals surface area contributed by atoms with Crippen LogP contribution in [0, 0.1) is 5.82 Å². The van der Waals surface area contributed by atoms with Gasteiger partial charge in [-0.2, -0.15) is 0 Å². The molecule has 4 aromatic rings. The molecule has 1 aliphatic heterocycles. The Morgan fingerprint density at radius 3 is 2.69 bits per heavy atom. The number of halogens is 1. The van der Waals surface area contributed by atoms with Gasteiger partial charge in [0.05, 0.1) is 20.3 Å². The van der Waals surface area contributed by atoms with E-state index in [4.69, 9.17) is 29.7 Å². The van der Waals surface area contributed by atoms with Crippen molar-refractivity contribution < 1.29 is 22.6 Å². The summed E-state index contributed by atoms with van der Waals surface area (Å²) in [5.74, 6) is 2.07. The van der Waals surface area contributed by atoms with Crippen LogP contribution in [0.2, 0.25) is 0 Å². The van der Waals surface area contributed by atoms with E-state index < -0.39 is 11.3 Å². The maximum absolute atomic E-state index is 15.8. The van der Waals surface area contributed by atoms with Crippen LogP contribution in [0.25, 0.3) is 33.4 Å². The lowest BCUT2D eigenvalue weighted by Crippen LogP contribution is -2.37. The first-order chi connectivity index (χ1) is 20.5. The monoisotopic (exact) mass is 595 g/mol. The number of nitrogens with two attached hydrogens (primary N) is 1. The van der Waals surface area contributed by atoms with Crippen molar-refractivity contribution in [3.05, 3.63) is 60.0 Å². The van der Waals surface area contributed by atoms with E-state index in [9.17, 15) is 4.21 Å². The third-order valence-corrected chi connectivity index (χ3v) is 7.44. The zero-order chi connectivity index (χ0) is 29.5. The van der Waals surface area contributed by atoms with Crippen LogP contribution in [-0.2, 0) is 22.4 Å². The number of fused-ring (bicyclic) bond motifs is 1. The van der Waals surface area contributed by atoms with Crippen molar-refractivity contribution in [2.75, 3.05) is 63.3 Å². The second-order valence-corrected chi connectivity index (χ2v) is 10.5. The number of benzene rings is 2. The van der Waals surface area contributed by atoms with Crippen LogP contribution in [0.4, 0.5) is 16.0 Å². The SMILES string of the molecule is COc1cc(-c2cccc(CCCNS(=O)O)c2F)cc2c(N3CCOCC3)nc(-c3ccc(NCCN)nc3)nc12. The Morgan fingerprint density at radius 1 is 1.14 bits per heavy atom. The lowest BCUT2D eigenvalue weighted by atomic mass is 9.98. The van der Waals surface area contributed by atoms with Gasteiger partial charge in [0, 0.05) is 55.4 Å². The lowest BCUT2D eigenvalue weighted by molar-refractivity contribution is 0.122. The number of methoxy groups -OCH3 is 1. The average molecular weight is 596 g/mol. The van der Waals surface area contributed by atoms with E-state index in [1.807, 2.05) is 24.3 Å². The summed E-state index contributed by atoms with van der Waals surface area (Å²) in [6.45, 7) is 3.84. The fourth-order valence-electron chi connectivity index (χ4n) is 4.91. The second kappa shape index (κ2) is 13.9. The number of pyridine rings is 1. The maximum atomic E-state index is 15.8. The summed E-state index contributed by atoms with van der Waals surface area (Å²) < 4.78 is 49.4. The second-order valence-electron chi connectivity index (χ2n) is 9.72. The number of rotatable bonds is 12. The van der Waals surface area contributed by atoms with Gasteiger partial charge in [-0.15, -0.1) is 0 Å².